The van der Waals surface area contributed by atoms with Crippen LogP contribution in [0.3, 0.4) is 0 Å². The summed E-state index contributed by atoms with van der Waals surface area (Å²) in [6, 6.07) is 4.46. The number of aromatic nitrogens is 1. The van der Waals surface area contributed by atoms with Crippen molar-refractivity contribution < 1.29 is 13.5 Å². The number of nitriles is 2. The second-order valence-electron chi connectivity index (χ2n) is 2.84. The van der Waals surface area contributed by atoms with Crippen LogP contribution < -0.4 is 4.74 Å². The van der Waals surface area contributed by atoms with Crippen LogP contribution in [0.5, 0.6) is 5.88 Å². The number of alkyl halides is 2. The minimum absolute atomic E-state index is 0.0301. The van der Waals surface area contributed by atoms with Crippen LogP contribution in [0.25, 0.3) is 0 Å². The smallest absolute Gasteiger partial charge is 0.266 e. The first-order chi connectivity index (χ1) is 7.63. The summed E-state index contributed by atoms with van der Waals surface area (Å²) in [7, 11) is 1.30. The minimum Gasteiger partial charge on any atom is -0.481 e. The number of hydrogen-bond acceptors (Lipinski definition) is 4. The molecule has 82 valence electrons. The average molecular weight is 223 g/mol. The first-order valence-corrected chi connectivity index (χ1v) is 4.27. The number of nitrogens with zero attached hydrogens (tertiary/aromatic N) is 3. The summed E-state index contributed by atoms with van der Waals surface area (Å²) in [5.74, 6) is 0.0301. The molecule has 1 heterocycles. The molecule has 0 aliphatic carbocycles. The number of halogens is 2. The van der Waals surface area contributed by atoms with E-state index in [9.17, 15) is 8.78 Å². The molecule has 0 N–H and O–H groups in total. The summed E-state index contributed by atoms with van der Waals surface area (Å²) in [5.41, 5.74) is -0.610. The van der Waals surface area contributed by atoms with Gasteiger partial charge in [0, 0.05) is 5.56 Å². The maximum atomic E-state index is 12.6. The Labute approximate surface area is 90.7 Å². The van der Waals surface area contributed by atoms with Gasteiger partial charge >= 0.3 is 0 Å². The number of hydrogen-bond donors (Lipinski definition) is 0. The fourth-order valence-corrected chi connectivity index (χ4v) is 1.20. The highest BCUT2D eigenvalue weighted by molar-refractivity contribution is 5.41. The van der Waals surface area contributed by atoms with Crippen molar-refractivity contribution in [3.8, 4) is 18.0 Å². The van der Waals surface area contributed by atoms with Gasteiger partial charge in [-0.2, -0.15) is 10.5 Å². The predicted molar refractivity (Wildman–Crippen MR) is 49.8 cm³/mol. The van der Waals surface area contributed by atoms with Crippen LogP contribution in [-0.4, -0.2) is 12.1 Å². The normalized spacial score (nSPS) is 9.62. The van der Waals surface area contributed by atoms with Crippen molar-refractivity contribution >= 4 is 0 Å². The predicted octanol–water partition coefficient (Wildman–Crippen LogP) is 1.97. The maximum absolute atomic E-state index is 12.6. The fraction of sp³-hybridized carbons (Fsp3) is 0.300. The van der Waals surface area contributed by atoms with Crippen LogP contribution >= 0.6 is 0 Å². The molecule has 0 saturated heterocycles. The zero-order valence-electron chi connectivity index (χ0n) is 8.37. The number of methoxy groups -OCH3 is 1. The highest BCUT2D eigenvalue weighted by Crippen LogP contribution is 2.27. The highest BCUT2D eigenvalue weighted by atomic mass is 19.3. The van der Waals surface area contributed by atoms with Gasteiger partial charge in [-0.05, 0) is 6.07 Å². The standard InChI is InChI=1S/C10H7F2N3O/c1-16-10-6(2-3-13)4-7(9(11)12)8(5-14)15-10/h4,9H,2H2,1H3. The lowest BCUT2D eigenvalue weighted by Gasteiger charge is -2.08. The Hall–Kier alpha value is -2.21. The first kappa shape index (κ1) is 11.9. The van der Waals surface area contributed by atoms with E-state index < -0.39 is 12.0 Å². The van der Waals surface area contributed by atoms with Gasteiger partial charge in [-0.15, -0.1) is 0 Å². The molecule has 0 bridgehead atoms. The molecule has 0 spiro atoms. The van der Waals surface area contributed by atoms with Crippen LogP contribution in [-0.2, 0) is 6.42 Å². The largest absolute Gasteiger partial charge is 0.481 e. The first-order valence-electron chi connectivity index (χ1n) is 4.27. The van der Waals surface area contributed by atoms with E-state index in [4.69, 9.17) is 15.3 Å². The average Bonchev–Trinajstić information content (AvgIpc) is 2.28. The van der Waals surface area contributed by atoms with Crippen molar-refractivity contribution in [2.24, 2.45) is 0 Å². The van der Waals surface area contributed by atoms with Gasteiger partial charge in [0.15, 0.2) is 5.69 Å². The quantitative estimate of drug-likeness (QED) is 0.785. The van der Waals surface area contributed by atoms with Crippen LogP contribution in [0.1, 0.15) is 23.2 Å². The molecule has 0 aliphatic heterocycles. The maximum Gasteiger partial charge on any atom is 0.266 e. The van der Waals surface area contributed by atoms with Crippen molar-refractivity contribution in [1.82, 2.24) is 4.98 Å². The Bertz CT molecular complexity index is 474. The Morgan fingerprint density at radius 1 is 1.50 bits per heavy atom. The molecule has 0 radical (unpaired) electrons. The van der Waals surface area contributed by atoms with Gasteiger partial charge in [-0.3, -0.25) is 0 Å². The van der Waals surface area contributed by atoms with E-state index in [2.05, 4.69) is 4.98 Å². The Morgan fingerprint density at radius 2 is 2.19 bits per heavy atom. The van der Waals surface area contributed by atoms with E-state index in [0.29, 0.717) is 0 Å². The van der Waals surface area contributed by atoms with Crippen LogP contribution in [0.2, 0.25) is 0 Å². The molecule has 16 heavy (non-hydrogen) atoms. The zero-order valence-corrected chi connectivity index (χ0v) is 8.37. The number of ether oxygens (including phenoxy) is 1. The molecule has 0 unspecified atom stereocenters. The second-order valence-corrected chi connectivity index (χ2v) is 2.84. The summed E-state index contributed by atoms with van der Waals surface area (Å²) in [5, 5.41) is 17.2. The Morgan fingerprint density at radius 3 is 2.62 bits per heavy atom. The minimum atomic E-state index is -2.80. The monoisotopic (exact) mass is 223 g/mol. The van der Waals surface area contributed by atoms with Crippen LogP contribution in [0, 0.1) is 22.7 Å². The van der Waals surface area contributed by atoms with Gasteiger partial charge in [0.2, 0.25) is 5.88 Å². The third-order valence-electron chi connectivity index (χ3n) is 1.90. The van der Waals surface area contributed by atoms with E-state index in [0.717, 1.165) is 6.07 Å². The molecule has 0 fully saturated rings. The van der Waals surface area contributed by atoms with Gasteiger partial charge in [0.05, 0.1) is 25.2 Å². The SMILES string of the molecule is COc1nc(C#N)c(C(F)F)cc1CC#N. The fourth-order valence-electron chi connectivity index (χ4n) is 1.20. The molecule has 4 nitrogen and oxygen atoms in total. The molecule has 0 atom stereocenters. The number of pyridine rings is 1. The summed E-state index contributed by atoms with van der Waals surface area (Å²) in [4.78, 5) is 3.64. The lowest BCUT2D eigenvalue weighted by atomic mass is 10.1. The van der Waals surface area contributed by atoms with Gasteiger partial charge in [-0.25, -0.2) is 13.8 Å². The summed E-state index contributed by atoms with van der Waals surface area (Å²) in [6.45, 7) is 0. The second kappa shape index (κ2) is 5.04. The molecular formula is C10H7F2N3O. The molecule has 1 aromatic heterocycles. The van der Waals surface area contributed by atoms with Crippen molar-refractivity contribution in [2.75, 3.05) is 7.11 Å². The molecular weight excluding hydrogens is 216 g/mol. The van der Waals surface area contributed by atoms with Crippen molar-refractivity contribution in [2.45, 2.75) is 12.8 Å². The zero-order chi connectivity index (χ0) is 12.1. The molecule has 1 aromatic rings. The lowest BCUT2D eigenvalue weighted by molar-refractivity contribution is 0.150. The molecule has 6 heteroatoms. The van der Waals surface area contributed by atoms with Crippen molar-refractivity contribution in [3.05, 3.63) is 22.9 Å². The lowest BCUT2D eigenvalue weighted by Crippen LogP contribution is -2.02. The van der Waals surface area contributed by atoms with Gasteiger partial charge < -0.3 is 4.74 Å². The van der Waals surface area contributed by atoms with E-state index in [1.807, 2.05) is 6.07 Å². The topological polar surface area (TPSA) is 69.7 Å². The molecule has 1 rings (SSSR count). The summed E-state index contributed by atoms with van der Waals surface area (Å²) >= 11 is 0. The van der Waals surface area contributed by atoms with E-state index in [1.54, 1.807) is 6.07 Å². The summed E-state index contributed by atoms with van der Waals surface area (Å²) in [6.07, 6.45) is -2.90. The van der Waals surface area contributed by atoms with E-state index in [1.165, 1.54) is 7.11 Å². The third kappa shape index (κ3) is 2.23. The van der Waals surface area contributed by atoms with Gasteiger partial charge in [-0.1, -0.05) is 0 Å². The third-order valence-corrected chi connectivity index (χ3v) is 1.90. The molecule has 0 amide bonds. The molecule has 0 saturated carbocycles. The highest BCUT2D eigenvalue weighted by Gasteiger charge is 2.18. The van der Waals surface area contributed by atoms with Crippen LogP contribution in [0.4, 0.5) is 8.78 Å². The summed E-state index contributed by atoms with van der Waals surface area (Å²) < 4.78 is 29.9. The van der Waals surface area contributed by atoms with Gasteiger partial charge in [0.1, 0.15) is 6.07 Å². The molecule has 0 aliphatic rings. The molecule has 0 aromatic carbocycles. The number of rotatable bonds is 3. The van der Waals surface area contributed by atoms with E-state index in [-0.39, 0.29) is 23.6 Å². The van der Waals surface area contributed by atoms with Crippen LogP contribution in [0.15, 0.2) is 6.07 Å². The van der Waals surface area contributed by atoms with Gasteiger partial charge in [0.25, 0.3) is 6.43 Å². The van der Waals surface area contributed by atoms with E-state index >= 15 is 0 Å². The van der Waals surface area contributed by atoms with Crippen molar-refractivity contribution in [3.63, 3.8) is 0 Å². The van der Waals surface area contributed by atoms with Crippen molar-refractivity contribution in [1.29, 1.82) is 10.5 Å². The Balaban J connectivity index is 3.37. The Kier molecular flexibility index (Phi) is 3.73.